The number of hydrogen-bond donors (Lipinski definition) is 2. The fourth-order valence-corrected chi connectivity index (χ4v) is 4.70. The minimum atomic E-state index is -3.51. The van der Waals surface area contributed by atoms with Crippen molar-refractivity contribution in [3.05, 3.63) is 48.0 Å². The van der Waals surface area contributed by atoms with Gasteiger partial charge in [-0.2, -0.15) is 5.10 Å². The molecule has 160 valence electrons. The van der Waals surface area contributed by atoms with E-state index in [1.807, 2.05) is 11.6 Å². The molecule has 0 spiro atoms. The molecular formula is C20H26N6O3S. The zero-order valence-corrected chi connectivity index (χ0v) is 17.7. The number of nitrogens with zero attached hydrogens (tertiary/aromatic N) is 4. The molecule has 1 fully saturated rings. The summed E-state index contributed by atoms with van der Waals surface area (Å²) in [7, 11) is -3.51. The van der Waals surface area contributed by atoms with Gasteiger partial charge in [-0.3, -0.25) is 4.98 Å². The monoisotopic (exact) mass is 430 g/mol. The predicted octanol–water partition coefficient (Wildman–Crippen LogP) is 2.06. The number of nitrogens with one attached hydrogen (secondary N) is 2. The molecule has 1 aliphatic rings. The lowest BCUT2D eigenvalue weighted by atomic mass is 10.1. The Bertz CT molecular complexity index is 1090. The Morgan fingerprint density at radius 1 is 1.20 bits per heavy atom. The number of ether oxygens (including phenoxy) is 1. The maximum atomic E-state index is 12.6. The molecule has 0 saturated carbocycles. The summed E-state index contributed by atoms with van der Waals surface area (Å²) < 4.78 is 35.2. The normalized spacial score (nSPS) is 15.5. The van der Waals surface area contributed by atoms with Crippen LogP contribution in [0.1, 0.15) is 30.9 Å². The van der Waals surface area contributed by atoms with E-state index in [0.29, 0.717) is 25.3 Å². The number of fused-ring (bicyclic) bond motifs is 1. The fraction of sp³-hybridized carbons (Fsp3) is 0.450. The summed E-state index contributed by atoms with van der Waals surface area (Å²) in [6.45, 7) is 4.31. The molecule has 4 heterocycles. The molecule has 0 aliphatic carbocycles. The van der Waals surface area contributed by atoms with E-state index in [9.17, 15) is 8.42 Å². The van der Waals surface area contributed by atoms with Crippen molar-refractivity contribution in [3.8, 4) is 0 Å². The largest absolute Gasteiger partial charge is 0.381 e. The van der Waals surface area contributed by atoms with Crippen LogP contribution >= 0.6 is 0 Å². The molecule has 0 radical (unpaired) electrons. The highest BCUT2D eigenvalue weighted by molar-refractivity contribution is 7.88. The highest BCUT2D eigenvalue weighted by Crippen LogP contribution is 2.28. The van der Waals surface area contributed by atoms with Crippen LogP contribution in [0.15, 0.2) is 36.9 Å². The number of aryl methyl sites for hydroxylation is 1. The Balaban J connectivity index is 1.58. The van der Waals surface area contributed by atoms with Crippen molar-refractivity contribution < 1.29 is 13.2 Å². The Hall–Kier alpha value is -2.56. The van der Waals surface area contributed by atoms with Crippen LogP contribution in [-0.4, -0.2) is 47.4 Å². The van der Waals surface area contributed by atoms with Crippen LogP contribution in [0.5, 0.6) is 0 Å². The van der Waals surface area contributed by atoms with Gasteiger partial charge in [-0.15, -0.1) is 0 Å². The van der Waals surface area contributed by atoms with E-state index in [4.69, 9.17) is 4.74 Å². The topological polar surface area (TPSA) is 111 Å². The van der Waals surface area contributed by atoms with E-state index in [1.165, 1.54) is 0 Å². The van der Waals surface area contributed by atoms with Gasteiger partial charge < -0.3 is 10.1 Å². The summed E-state index contributed by atoms with van der Waals surface area (Å²) >= 11 is 0. The molecule has 3 aromatic heterocycles. The molecule has 0 unspecified atom stereocenters. The molecule has 1 saturated heterocycles. The van der Waals surface area contributed by atoms with Crippen LogP contribution in [0.25, 0.3) is 11.0 Å². The number of hydrogen-bond acceptors (Lipinski definition) is 7. The molecule has 3 aromatic rings. The lowest BCUT2D eigenvalue weighted by molar-refractivity contribution is 0.0904. The molecule has 0 bridgehead atoms. The third kappa shape index (κ3) is 4.77. The van der Waals surface area contributed by atoms with Gasteiger partial charge in [-0.25, -0.2) is 22.8 Å². The summed E-state index contributed by atoms with van der Waals surface area (Å²) in [5.74, 6) is -0.0955. The van der Waals surface area contributed by atoms with Gasteiger partial charge in [0.2, 0.25) is 10.0 Å². The van der Waals surface area contributed by atoms with Gasteiger partial charge >= 0.3 is 0 Å². The summed E-state index contributed by atoms with van der Waals surface area (Å²) in [5, 5.41) is 8.92. The second-order valence-electron chi connectivity index (χ2n) is 7.32. The molecule has 4 rings (SSSR count). The average Bonchev–Trinajstić information content (AvgIpc) is 3.18. The van der Waals surface area contributed by atoms with E-state index in [2.05, 4.69) is 25.1 Å². The van der Waals surface area contributed by atoms with E-state index in [1.54, 1.807) is 36.9 Å². The zero-order valence-electron chi connectivity index (χ0n) is 16.9. The second-order valence-corrected chi connectivity index (χ2v) is 9.13. The third-order valence-corrected chi connectivity index (χ3v) is 6.50. The summed E-state index contributed by atoms with van der Waals surface area (Å²) in [6, 6.07) is 3.66. The number of pyridine rings is 2. The maximum Gasteiger partial charge on any atom is 0.216 e. The van der Waals surface area contributed by atoms with Crippen LogP contribution < -0.4 is 10.0 Å². The molecule has 2 N–H and O–H groups in total. The average molecular weight is 431 g/mol. The van der Waals surface area contributed by atoms with Crippen LogP contribution in [0.4, 0.5) is 5.69 Å². The molecule has 10 heteroatoms. The fourth-order valence-electron chi connectivity index (χ4n) is 3.59. The van der Waals surface area contributed by atoms with Crippen LogP contribution in [-0.2, 0) is 33.6 Å². The van der Waals surface area contributed by atoms with Crippen molar-refractivity contribution in [2.24, 2.45) is 0 Å². The number of sulfonamides is 1. The van der Waals surface area contributed by atoms with E-state index in [-0.39, 0.29) is 18.3 Å². The highest BCUT2D eigenvalue weighted by atomic mass is 32.2. The summed E-state index contributed by atoms with van der Waals surface area (Å²) in [6.07, 6.45) is 8.50. The second kappa shape index (κ2) is 9.07. The number of anilines is 1. The summed E-state index contributed by atoms with van der Waals surface area (Å²) in [5.41, 5.74) is 3.16. The molecular weight excluding hydrogens is 404 g/mol. The Labute approximate surface area is 175 Å². The SMILES string of the molecule is CCn1ncc2c(NC3CCOCC3)c(CNS(=O)(=O)Cc3ccncc3)cnc21. The first-order chi connectivity index (χ1) is 14.6. The van der Waals surface area contributed by atoms with Crippen molar-refractivity contribution in [2.75, 3.05) is 18.5 Å². The van der Waals surface area contributed by atoms with Gasteiger partial charge in [-0.05, 0) is 37.5 Å². The van der Waals surface area contributed by atoms with Crippen LogP contribution in [0.2, 0.25) is 0 Å². The van der Waals surface area contributed by atoms with Crippen molar-refractivity contribution in [3.63, 3.8) is 0 Å². The van der Waals surface area contributed by atoms with Gasteiger partial charge in [0, 0.05) is 56.5 Å². The summed E-state index contributed by atoms with van der Waals surface area (Å²) in [4.78, 5) is 8.47. The molecule has 30 heavy (non-hydrogen) atoms. The van der Waals surface area contributed by atoms with Gasteiger partial charge in [0.25, 0.3) is 0 Å². The van der Waals surface area contributed by atoms with E-state index < -0.39 is 10.0 Å². The minimum Gasteiger partial charge on any atom is -0.381 e. The first-order valence-corrected chi connectivity index (χ1v) is 11.7. The quantitative estimate of drug-likeness (QED) is 0.563. The highest BCUT2D eigenvalue weighted by Gasteiger charge is 2.20. The first-order valence-electron chi connectivity index (χ1n) is 10.1. The lowest BCUT2D eigenvalue weighted by Crippen LogP contribution is -2.29. The van der Waals surface area contributed by atoms with Crippen molar-refractivity contribution in [1.82, 2.24) is 24.5 Å². The van der Waals surface area contributed by atoms with Crippen LogP contribution in [0.3, 0.4) is 0 Å². The predicted molar refractivity (Wildman–Crippen MR) is 114 cm³/mol. The van der Waals surface area contributed by atoms with Gasteiger partial charge in [0.1, 0.15) is 0 Å². The lowest BCUT2D eigenvalue weighted by Gasteiger charge is -2.25. The minimum absolute atomic E-state index is 0.0955. The molecule has 0 aromatic carbocycles. The molecule has 0 atom stereocenters. The Morgan fingerprint density at radius 3 is 2.70 bits per heavy atom. The Kier molecular flexibility index (Phi) is 6.26. The standard InChI is InChI=1S/C20H26N6O3S/c1-2-26-20-18(13-23-26)19(25-17-5-9-29-10-6-17)16(11-22-20)12-24-30(27,28)14-15-3-7-21-8-4-15/h3-4,7-8,11,13,17,24H,2,5-6,9-10,12,14H2,1H3,(H,22,25). The van der Waals surface area contributed by atoms with E-state index in [0.717, 1.165) is 35.1 Å². The van der Waals surface area contributed by atoms with Crippen LogP contribution in [0, 0.1) is 0 Å². The van der Waals surface area contributed by atoms with E-state index >= 15 is 0 Å². The number of aromatic nitrogens is 4. The van der Waals surface area contributed by atoms with Gasteiger partial charge in [0.15, 0.2) is 5.65 Å². The maximum absolute atomic E-state index is 12.6. The Morgan fingerprint density at radius 2 is 1.97 bits per heavy atom. The number of rotatable bonds is 8. The van der Waals surface area contributed by atoms with Crippen molar-refractivity contribution in [2.45, 2.75) is 44.6 Å². The van der Waals surface area contributed by atoms with Gasteiger partial charge in [0.05, 0.1) is 23.0 Å². The van der Waals surface area contributed by atoms with Gasteiger partial charge in [-0.1, -0.05) is 0 Å². The smallest absolute Gasteiger partial charge is 0.216 e. The van der Waals surface area contributed by atoms with Crippen molar-refractivity contribution in [1.29, 1.82) is 0 Å². The molecule has 9 nitrogen and oxygen atoms in total. The molecule has 0 amide bonds. The first kappa shape index (κ1) is 20.7. The van der Waals surface area contributed by atoms with Crippen molar-refractivity contribution >= 4 is 26.7 Å². The third-order valence-electron chi connectivity index (χ3n) is 5.20. The zero-order chi connectivity index (χ0) is 21.0. The molecule has 1 aliphatic heterocycles.